The van der Waals surface area contributed by atoms with E-state index in [1.807, 2.05) is 4.90 Å². The SMILES string of the molecule is CNC(=O)C[C@@H]1OC(C)(C)C[C@]12CCCN2C(=O)CN1CCCC1. The standard InChI is InChI=1S/C18H31N3O3/c1-17(2)13-18(14(24-17)11-15(22)19-3)7-6-10-21(18)16(23)12-20-8-4-5-9-20/h14H,4-13H2,1-3H3,(H,19,22)/t14-,18+/m0/s1. The summed E-state index contributed by atoms with van der Waals surface area (Å²) in [6, 6.07) is 0. The van der Waals surface area contributed by atoms with Gasteiger partial charge in [-0.25, -0.2) is 0 Å². The normalized spacial score (nSPS) is 32.6. The Kier molecular flexibility index (Phi) is 4.89. The average Bonchev–Trinajstić information content (AvgIpc) is 3.20. The van der Waals surface area contributed by atoms with Crippen molar-refractivity contribution in [3.05, 3.63) is 0 Å². The van der Waals surface area contributed by atoms with Gasteiger partial charge in [0.2, 0.25) is 11.8 Å². The molecule has 1 spiro atoms. The highest BCUT2D eigenvalue weighted by Crippen LogP contribution is 2.48. The van der Waals surface area contributed by atoms with Crippen LogP contribution in [0, 0.1) is 0 Å². The van der Waals surface area contributed by atoms with E-state index in [2.05, 4.69) is 24.1 Å². The molecule has 0 aromatic heterocycles. The van der Waals surface area contributed by atoms with Crippen molar-refractivity contribution >= 4 is 11.8 Å². The second kappa shape index (κ2) is 6.64. The minimum Gasteiger partial charge on any atom is -0.369 e. The molecule has 0 aliphatic carbocycles. The van der Waals surface area contributed by atoms with Gasteiger partial charge in [0.05, 0.1) is 30.2 Å². The maximum atomic E-state index is 13.0. The predicted molar refractivity (Wildman–Crippen MR) is 91.6 cm³/mol. The lowest BCUT2D eigenvalue weighted by Gasteiger charge is -2.39. The van der Waals surface area contributed by atoms with Crippen molar-refractivity contribution in [1.29, 1.82) is 0 Å². The fourth-order valence-corrected chi connectivity index (χ4v) is 4.90. The van der Waals surface area contributed by atoms with Gasteiger partial charge in [0.15, 0.2) is 0 Å². The van der Waals surface area contributed by atoms with Crippen LogP contribution in [0.15, 0.2) is 0 Å². The van der Waals surface area contributed by atoms with Crippen LogP contribution in [0.4, 0.5) is 0 Å². The van der Waals surface area contributed by atoms with Gasteiger partial charge in [-0.3, -0.25) is 14.5 Å². The summed E-state index contributed by atoms with van der Waals surface area (Å²) in [5, 5.41) is 2.70. The van der Waals surface area contributed by atoms with Crippen LogP contribution in [-0.2, 0) is 14.3 Å². The number of rotatable bonds is 4. The number of likely N-dealkylation sites (tertiary alicyclic amines) is 2. The molecular weight excluding hydrogens is 306 g/mol. The minimum atomic E-state index is -0.313. The molecule has 136 valence electrons. The summed E-state index contributed by atoms with van der Waals surface area (Å²) in [6.45, 7) is 7.48. The van der Waals surface area contributed by atoms with E-state index in [1.54, 1.807) is 7.05 Å². The molecule has 2 atom stereocenters. The Morgan fingerprint density at radius 2 is 1.88 bits per heavy atom. The highest BCUT2D eigenvalue weighted by Gasteiger charge is 2.58. The second-order valence-electron chi connectivity index (χ2n) is 8.16. The number of carbonyl (C=O) groups excluding carboxylic acids is 2. The van der Waals surface area contributed by atoms with Crippen LogP contribution in [0.1, 0.15) is 52.4 Å². The number of hydrogen-bond acceptors (Lipinski definition) is 4. The summed E-state index contributed by atoms with van der Waals surface area (Å²) >= 11 is 0. The van der Waals surface area contributed by atoms with Crippen LogP contribution in [0.25, 0.3) is 0 Å². The molecule has 3 rings (SSSR count). The van der Waals surface area contributed by atoms with Crippen molar-refractivity contribution in [2.45, 2.75) is 69.6 Å². The first kappa shape index (κ1) is 17.7. The van der Waals surface area contributed by atoms with E-state index in [1.165, 1.54) is 12.8 Å². The summed E-state index contributed by atoms with van der Waals surface area (Å²) in [5.41, 5.74) is -0.609. The van der Waals surface area contributed by atoms with Crippen molar-refractivity contribution in [2.75, 3.05) is 33.2 Å². The van der Waals surface area contributed by atoms with Gasteiger partial charge in [-0.15, -0.1) is 0 Å². The molecule has 0 aromatic rings. The van der Waals surface area contributed by atoms with Crippen LogP contribution in [0.5, 0.6) is 0 Å². The van der Waals surface area contributed by atoms with Gasteiger partial charge in [-0.2, -0.15) is 0 Å². The van der Waals surface area contributed by atoms with Crippen molar-refractivity contribution in [3.63, 3.8) is 0 Å². The molecule has 0 aromatic carbocycles. The number of ether oxygens (including phenoxy) is 1. The van der Waals surface area contributed by atoms with Crippen LogP contribution in [-0.4, -0.2) is 72.1 Å². The van der Waals surface area contributed by atoms with Crippen molar-refractivity contribution in [2.24, 2.45) is 0 Å². The van der Waals surface area contributed by atoms with E-state index in [4.69, 9.17) is 4.74 Å². The molecule has 3 aliphatic heterocycles. The molecule has 6 nitrogen and oxygen atoms in total. The number of nitrogens with zero attached hydrogens (tertiary/aromatic N) is 2. The van der Waals surface area contributed by atoms with E-state index >= 15 is 0 Å². The van der Waals surface area contributed by atoms with E-state index in [0.717, 1.165) is 38.9 Å². The number of nitrogens with one attached hydrogen (secondary N) is 1. The van der Waals surface area contributed by atoms with Gasteiger partial charge in [-0.1, -0.05) is 0 Å². The molecule has 3 fully saturated rings. The van der Waals surface area contributed by atoms with Gasteiger partial charge >= 0.3 is 0 Å². The predicted octanol–water partition coefficient (Wildman–Crippen LogP) is 1.15. The number of amides is 2. The van der Waals surface area contributed by atoms with E-state index in [0.29, 0.717) is 13.0 Å². The third-order valence-corrected chi connectivity index (χ3v) is 5.83. The average molecular weight is 337 g/mol. The molecule has 6 heteroatoms. The molecular formula is C18H31N3O3. The molecule has 3 aliphatic rings. The van der Waals surface area contributed by atoms with E-state index in [9.17, 15) is 9.59 Å². The summed E-state index contributed by atoms with van der Waals surface area (Å²) in [4.78, 5) is 29.3. The molecule has 1 N–H and O–H groups in total. The highest BCUT2D eigenvalue weighted by atomic mass is 16.5. The summed E-state index contributed by atoms with van der Waals surface area (Å²) in [5.74, 6) is 0.188. The first-order valence-corrected chi connectivity index (χ1v) is 9.27. The third kappa shape index (κ3) is 3.31. The Morgan fingerprint density at radius 3 is 2.54 bits per heavy atom. The molecule has 0 bridgehead atoms. The molecule has 3 heterocycles. The van der Waals surface area contributed by atoms with Gasteiger partial charge < -0.3 is 15.0 Å². The summed E-state index contributed by atoms with van der Waals surface area (Å²) in [7, 11) is 1.65. The highest BCUT2D eigenvalue weighted by molar-refractivity contribution is 5.80. The van der Waals surface area contributed by atoms with Crippen molar-refractivity contribution in [1.82, 2.24) is 15.1 Å². The Balaban J connectivity index is 1.78. The van der Waals surface area contributed by atoms with Gasteiger partial charge in [0.25, 0.3) is 0 Å². The van der Waals surface area contributed by atoms with Crippen LogP contribution < -0.4 is 5.32 Å². The second-order valence-corrected chi connectivity index (χ2v) is 8.16. The zero-order valence-electron chi connectivity index (χ0n) is 15.3. The van der Waals surface area contributed by atoms with Crippen molar-refractivity contribution < 1.29 is 14.3 Å². The molecule has 0 saturated carbocycles. The molecule has 3 saturated heterocycles. The van der Waals surface area contributed by atoms with Crippen LogP contribution in [0.3, 0.4) is 0 Å². The largest absolute Gasteiger partial charge is 0.369 e. The summed E-state index contributed by atoms with van der Waals surface area (Å²) in [6.07, 6.45) is 5.24. The quantitative estimate of drug-likeness (QED) is 0.836. The lowest BCUT2D eigenvalue weighted by Crippen LogP contribution is -2.55. The lowest BCUT2D eigenvalue weighted by molar-refractivity contribution is -0.141. The minimum absolute atomic E-state index is 0.0177. The van der Waals surface area contributed by atoms with E-state index in [-0.39, 0.29) is 29.1 Å². The Labute approximate surface area is 144 Å². The number of hydrogen-bond donors (Lipinski definition) is 1. The summed E-state index contributed by atoms with van der Waals surface area (Å²) < 4.78 is 6.24. The third-order valence-electron chi connectivity index (χ3n) is 5.83. The molecule has 0 radical (unpaired) electrons. The topological polar surface area (TPSA) is 61.9 Å². The Hall–Kier alpha value is -1.14. The van der Waals surface area contributed by atoms with E-state index < -0.39 is 0 Å². The van der Waals surface area contributed by atoms with Gasteiger partial charge in [-0.05, 0) is 52.6 Å². The molecule has 24 heavy (non-hydrogen) atoms. The van der Waals surface area contributed by atoms with Gasteiger partial charge in [0.1, 0.15) is 0 Å². The lowest BCUT2D eigenvalue weighted by atomic mass is 9.82. The fraction of sp³-hybridized carbons (Fsp3) is 0.889. The zero-order chi connectivity index (χ0) is 17.4. The number of carbonyl (C=O) groups is 2. The Bertz CT molecular complexity index is 502. The smallest absolute Gasteiger partial charge is 0.237 e. The fourth-order valence-electron chi connectivity index (χ4n) is 4.90. The Morgan fingerprint density at radius 1 is 1.17 bits per heavy atom. The maximum Gasteiger partial charge on any atom is 0.237 e. The zero-order valence-corrected chi connectivity index (χ0v) is 15.3. The van der Waals surface area contributed by atoms with Crippen LogP contribution >= 0.6 is 0 Å². The first-order chi connectivity index (χ1) is 11.4. The molecule has 0 unspecified atom stereocenters. The van der Waals surface area contributed by atoms with Gasteiger partial charge in [0, 0.05) is 20.0 Å². The van der Waals surface area contributed by atoms with Crippen molar-refractivity contribution in [3.8, 4) is 0 Å². The van der Waals surface area contributed by atoms with Crippen LogP contribution in [0.2, 0.25) is 0 Å². The monoisotopic (exact) mass is 337 g/mol. The first-order valence-electron chi connectivity index (χ1n) is 9.27. The molecule has 2 amide bonds. The maximum absolute atomic E-state index is 13.0.